The van der Waals surface area contributed by atoms with Gasteiger partial charge in [-0.2, -0.15) is 0 Å². The monoisotopic (exact) mass is 406 g/mol. The third-order valence-corrected chi connectivity index (χ3v) is 4.54. The summed E-state index contributed by atoms with van der Waals surface area (Å²) >= 11 is 0. The largest absolute Gasteiger partial charge is 0.475 e. The molecule has 1 aromatic rings. The lowest BCUT2D eigenvalue weighted by molar-refractivity contribution is 0.0420. The molecule has 0 aromatic carbocycles. The van der Waals surface area contributed by atoms with Gasteiger partial charge in [0.2, 0.25) is 5.88 Å². The number of aromatic nitrogens is 1. The van der Waals surface area contributed by atoms with E-state index in [4.69, 9.17) is 14.2 Å². The van der Waals surface area contributed by atoms with Crippen LogP contribution in [-0.2, 0) is 16.0 Å². The topological polar surface area (TPSA) is 77.0 Å². The van der Waals surface area contributed by atoms with Crippen molar-refractivity contribution < 1.29 is 14.2 Å². The summed E-state index contributed by atoms with van der Waals surface area (Å²) in [6, 6.07) is 3.95. The van der Waals surface area contributed by atoms with E-state index in [0.29, 0.717) is 18.3 Å². The molecule has 2 atom stereocenters. The maximum Gasteiger partial charge on any atom is 0.213 e. The number of nitrogens with zero attached hydrogens (tertiary/aromatic N) is 2. The van der Waals surface area contributed by atoms with Crippen molar-refractivity contribution in [2.75, 3.05) is 32.9 Å². The average Bonchev–Trinajstić information content (AvgIpc) is 3.19. The number of rotatable bonds is 12. The Morgan fingerprint density at radius 3 is 2.93 bits per heavy atom. The molecule has 0 radical (unpaired) electrons. The van der Waals surface area contributed by atoms with Gasteiger partial charge in [-0.3, -0.25) is 0 Å². The van der Waals surface area contributed by atoms with Gasteiger partial charge in [0.25, 0.3) is 0 Å². The van der Waals surface area contributed by atoms with Gasteiger partial charge in [-0.1, -0.05) is 13.8 Å². The van der Waals surface area contributed by atoms with E-state index in [1.165, 1.54) is 0 Å². The summed E-state index contributed by atoms with van der Waals surface area (Å²) in [6.07, 6.45) is 5.15. The summed E-state index contributed by atoms with van der Waals surface area (Å²) in [4.78, 5) is 9.01. The van der Waals surface area contributed by atoms with Gasteiger partial charge in [0.05, 0.1) is 25.4 Å². The highest BCUT2D eigenvalue weighted by molar-refractivity contribution is 5.79. The molecule has 1 saturated heterocycles. The second-order valence-electron chi connectivity index (χ2n) is 7.89. The summed E-state index contributed by atoms with van der Waals surface area (Å²) in [5.74, 6) is 2.07. The summed E-state index contributed by atoms with van der Waals surface area (Å²) in [5, 5.41) is 6.65. The maximum absolute atomic E-state index is 5.94. The highest BCUT2D eigenvalue weighted by Crippen LogP contribution is 2.15. The van der Waals surface area contributed by atoms with Gasteiger partial charge in [0.1, 0.15) is 0 Å². The zero-order valence-electron chi connectivity index (χ0n) is 18.4. The third-order valence-electron chi connectivity index (χ3n) is 4.54. The highest BCUT2D eigenvalue weighted by atomic mass is 16.5. The number of guanidine groups is 1. The molecule has 2 N–H and O–H groups in total. The molecule has 0 bridgehead atoms. The Labute approximate surface area is 175 Å². The molecule has 0 aliphatic carbocycles. The molecule has 1 aliphatic rings. The predicted octanol–water partition coefficient (Wildman–Crippen LogP) is 3.15. The Morgan fingerprint density at radius 2 is 2.21 bits per heavy atom. The van der Waals surface area contributed by atoms with Crippen LogP contribution in [0.2, 0.25) is 0 Å². The van der Waals surface area contributed by atoms with Crippen molar-refractivity contribution >= 4 is 5.96 Å². The first-order valence-corrected chi connectivity index (χ1v) is 10.9. The summed E-state index contributed by atoms with van der Waals surface area (Å²) in [7, 11) is 0. The molecule has 29 heavy (non-hydrogen) atoms. The van der Waals surface area contributed by atoms with E-state index in [0.717, 1.165) is 63.7 Å². The second-order valence-corrected chi connectivity index (χ2v) is 7.89. The van der Waals surface area contributed by atoms with Crippen molar-refractivity contribution in [3.8, 4) is 5.88 Å². The molecule has 0 amide bonds. The Bertz CT molecular complexity index is 603. The molecule has 1 aromatic heterocycles. The molecule has 1 aliphatic heterocycles. The molecule has 0 spiro atoms. The van der Waals surface area contributed by atoms with Crippen LogP contribution in [0.15, 0.2) is 23.3 Å². The molecular formula is C22H38N4O3. The van der Waals surface area contributed by atoms with Gasteiger partial charge in [0.15, 0.2) is 5.96 Å². The highest BCUT2D eigenvalue weighted by Gasteiger charge is 2.15. The molecule has 1 fully saturated rings. The summed E-state index contributed by atoms with van der Waals surface area (Å²) < 4.78 is 17.1. The molecule has 2 rings (SSSR count). The lowest BCUT2D eigenvalue weighted by Crippen LogP contribution is -2.38. The molecule has 7 nitrogen and oxygen atoms in total. The smallest absolute Gasteiger partial charge is 0.213 e. The SMILES string of the molecule is CCNC(=NCc1ccnc(OC(C)CC(C)C)c1)NCCCOC1CCOC1. The van der Waals surface area contributed by atoms with Crippen molar-refractivity contribution in [1.82, 2.24) is 15.6 Å². The minimum atomic E-state index is 0.151. The third kappa shape index (κ3) is 9.94. The number of hydrogen-bond acceptors (Lipinski definition) is 5. The first kappa shape index (κ1) is 23.4. The van der Waals surface area contributed by atoms with Crippen LogP contribution in [0.5, 0.6) is 5.88 Å². The molecule has 7 heteroatoms. The fraction of sp³-hybridized carbons (Fsp3) is 0.727. The molecule has 2 unspecified atom stereocenters. The van der Waals surface area contributed by atoms with E-state index in [2.05, 4.69) is 48.3 Å². The van der Waals surface area contributed by atoms with Crippen LogP contribution in [0.1, 0.15) is 52.5 Å². The lowest BCUT2D eigenvalue weighted by Gasteiger charge is -2.16. The van der Waals surface area contributed by atoms with E-state index in [-0.39, 0.29) is 12.2 Å². The van der Waals surface area contributed by atoms with Gasteiger partial charge in [-0.15, -0.1) is 0 Å². The molecule has 164 valence electrons. The standard InChI is InChI=1S/C22H38N4O3/c1-5-23-22(25-9-6-11-28-20-8-12-27-16-20)26-15-19-7-10-24-21(14-19)29-18(4)13-17(2)3/h7,10,14,17-18,20H,5-6,8-9,11-13,15-16H2,1-4H3,(H2,23,25,26). The van der Waals surface area contributed by atoms with Crippen LogP contribution in [0, 0.1) is 5.92 Å². The van der Waals surface area contributed by atoms with Crippen molar-refractivity contribution in [2.45, 2.75) is 65.7 Å². The van der Waals surface area contributed by atoms with Crippen molar-refractivity contribution in [3.05, 3.63) is 23.9 Å². The summed E-state index contributed by atoms with van der Waals surface area (Å²) in [6.45, 7) is 13.0. The first-order valence-electron chi connectivity index (χ1n) is 10.9. The first-order chi connectivity index (χ1) is 14.1. The number of aliphatic imine (C=N–C) groups is 1. The van der Waals surface area contributed by atoms with Gasteiger partial charge in [-0.25, -0.2) is 9.98 Å². The van der Waals surface area contributed by atoms with Crippen molar-refractivity contribution in [3.63, 3.8) is 0 Å². The Kier molecular flexibility index (Phi) is 10.8. The Morgan fingerprint density at radius 1 is 1.34 bits per heavy atom. The summed E-state index contributed by atoms with van der Waals surface area (Å²) in [5.41, 5.74) is 1.08. The fourth-order valence-electron chi connectivity index (χ4n) is 3.22. The van der Waals surface area contributed by atoms with Gasteiger partial charge in [-0.05, 0) is 50.7 Å². The number of ether oxygens (including phenoxy) is 3. The molecule has 2 heterocycles. The zero-order valence-corrected chi connectivity index (χ0v) is 18.4. The van der Waals surface area contributed by atoms with Gasteiger partial charge >= 0.3 is 0 Å². The normalized spacial score (nSPS) is 18.1. The zero-order chi connectivity index (χ0) is 20.9. The quantitative estimate of drug-likeness (QED) is 0.315. The molecule has 0 saturated carbocycles. The van der Waals surface area contributed by atoms with Crippen LogP contribution in [-0.4, -0.2) is 56.1 Å². The van der Waals surface area contributed by atoms with Crippen LogP contribution in [0.25, 0.3) is 0 Å². The van der Waals surface area contributed by atoms with Crippen molar-refractivity contribution in [1.29, 1.82) is 0 Å². The lowest BCUT2D eigenvalue weighted by atomic mass is 10.1. The van der Waals surface area contributed by atoms with Gasteiger partial charge in [0, 0.05) is 38.6 Å². The maximum atomic E-state index is 5.94. The van der Waals surface area contributed by atoms with Gasteiger partial charge < -0.3 is 24.8 Å². The number of nitrogens with one attached hydrogen (secondary N) is 2. The minimum absolute atomic E-state index is 0.151. The Balaban J connectivity index is 1.76. The fourth-order valence-corrected chi connectivity index (χ4v) is 3.22. The predicted molar refractivity (Wildman–Crippen MR) is 116 cm³/mol. The number of pyridine rings is 1. The van der Waals surface area contributed by atoms with Crippen LogP contribution >= 0.6 is 0 Å². The van der Waals surface area contributed by atoms with Crippen LogP contribution in [0.3, 0.4) is 0 Å². The van der Waals surface area contributed by atoms with Crippen molar-refractivity contribution in [2.24, 2.45) is 10.9 Å². The van der Waals surface area contributed by atoms with E-state index >= 15 is 0 Å². The van der Waals surface area contributed by atoms with E-state index in [1.54, 1.807) is 6.20 Å². The van der Waals surface area contributed by atoms with Crippen LogP contribution in [0.4, 0.5) is 0 Å². The second kappa shape index (κ2) is 13.4. The number of hydrogen-bond donors (Lipinski definition) is 2. The van der Waals surface area contributed by atoms with Crippen LogP contribution < -0.4 is 15.4 Å². The van der Waals surface area contributed by atoms with E-state index in [1.807, 2.05) is 12.1 Å². The molecular weight excluding hydrogens is 368 g/mol. The minimum Gasteiger partial charge on any atom is -0.475 e. The van der Waals surface area contributed by atoms with E-state index in [9.17, 15) is 0 Å². The Hall–Kier alpha value is -1.86. The van der Waals surface area contributed by atoms with E-state index < -0.39 is 0 Å². The average molecular weight is 407 g/mol.